The SMILES string of the molecule is CCCc1cc(C(=O)N2CCOCC2)cc(Cl)n1. The number of morpholine rings is 1. The van der Waals surface area contributed by atoms with Crippen molar-refractivity contribution in [1.29, 1.82) is 0 Å². The van der Waals surface area contributed by atoms with Crippen LogP contribution in [0.2, 0.25) is 5.15 Å². The Morgan fingerprint density at radius 3 is 2.83 bits per heavy atom. The molecule has 0 aromatic carbocycles. The summed E-state index contributed by atoms with van der Waals surface area (Å²) in [5.41, 5.74) is 1.50. The molecular formula is C13H17ClN2O2. The molecule has 2 rings (SSSR count). The van der Waals surface area contributed by atoms with Gasteiger partial charge in [-0.15, -0.1) is 0 Å². The summed E-state index contributed by atoms with van der Waals surface area (Å²) in [6, 6.07) is 3.48. The number of hydrogen-bond donors (Lipinski definition) is 0. The number of nitrogens with zero attached hydrogens (tertiary/aromatic N) is 2. The Bertz CT molecular complexity index is 431. The number of halogens is 1. The van der Waals surface area contributed by atoms with Crippen molar-refractivity contribution in [3.05, 3.63) is 28.5 Å². The molecule has 0 saturated carbocycles. The van der Waals surface area contributed by atoms with Crippen LogP contribution in [0.25, 0.3) is 0 Å². The molecule has 0 atom stereocenters. The molecule has 1 aromatic rings. The monoisotopic (exact) mass is 268 g/mol. The lowest BCUT2D eigenvalue weighted by atomic mass is 10.1. The maximum Gasteiger partial charge on any atom is 0.254 e. The first kappa shape index (κ1) is 13.3. The van der Waals surface area contributed by atoms with E-state index in [-0.39, 0.29) is 5.91 Å². The molecule has 1 aromatic heterocycles. The minimum atomic E-state index is 0.0138. The van der Waals surface area contributed by atoms with Gasteiger partial charge in [0.25, 0.3) is 5.91 Å². The van der Waals surface area contributed by atoms with Crippen molar-refractivity contribution in [3.8, 4) is 0 Å². The minimum Gasteiger partial charge on any atom is -0.378 e. The Labute approximate surface area is 112 Å². The van der Waals surface area contributed by atoms with E-state index in [2.05, 4.69) is 11.9 Å². The van der Waals surface area contributed by atoms with Crippen molar-refractivity contribution < 1.29 is 9.53 Å². The molecule has 1 amide bonds. The van der Waals surface area contributed by atoms with Gasteiger partial charge in [-0.05, 0) is 18.6 Å². The molecule has 0 unspecified atom stereocenters. The highest BCUT2D eigenvalue weighted by Crippen LogP contribution is 2.15. The molecule has 5 heteroatoms. The second-order valence-electron chi connectivity index (χ2n) is 4.32. The summed E-state index contributed by atoms with van der Waals surface area (Å²) in [6.45, 7) is 4.56. The molecular weight excluding hydrogens is 252 g/mol. The van der Waals surface area contributed by atoms with Crippen molar-refractivity contribution in [2.45, 2.75) is 19.8 Å². The van der Waals surface area contributed by atoms with Crippen molar-refractivity contribution in [2.24, 2.45) is 0 Å². The van der Waals surface area contributed by atoms with E-state index in [0.717, 1.165) is 18.5 Å². The molecule has 0 bridgehead atoms. The third-order valence-corrected chi connectivity index (χ3v) is 3.09. The number of ether oxygens (including phenoxy) is 1. The first-order chi connectivity index (χ1) is 8.70. The van der Waals surface area contributed by atoms with Gasteiger partial charge in [-0.25, -0.2) is 4.98 Å². The van der Waals surface area contributed by atoms with E-state index in [1.165, 1.54) is 0 Å². The van der Waals surface area contributed by atoms with Crippen molar-refractivity contribution in [3.63, 3.8) is 0 Å². The Morgan fingerprint density at radius 1 is 1.44 bits per heavy atom. The molecule has 4 nitrogen and oxygen atoms in total. The zero-order valence-electron chi connectivity index (χ0n) is 10.5. The average molecular weight is 269 g/mol. The van der Waals surface area contributed by atoms with E-state index in [9.17, 15) is 4.79 Å². The van der Waals surface area contributed by atoms with E-state index in [1.807, 2.05) is 6.07 Å². The molecule has 0 spiro atoms. The molecule has 1 fully saturated rings. The predicted octanol–water partition coefficient (Wildman–Crippen LogP) is 2.16. The summed E-state index contributed by atoms with van der Waals surface area (Å²) >= 11 is 5.96. The van der Waals surface area contributed by atoms with Crippen LogP contribution in [-0.4, -0.2) is 42.1 Å². The smallest absolute Gasteiger partial charge is 0.254 e. The van der Waals surface area contributed by atoms with Gasteiger partial charge in [-0.1, -0.05) is 24.9 Å². The van der Waals surface area contributed by atoms with Crippen LogP contribution in [0.3, 0.4) is 0 Å². The van der Waals surface area contributed by atoms with Crippen molar-refractivity contribution in [2.75, 3.05) is 26.3 Å². The zero-order chi connectivity index (χ0) is 13.0. The summed E-state index contributed by atoms with van der Waals surface area (Å²) in [7, 11) is 0. The number of pyridine rings is 1. The molecule has 0 aliphatic carbocycles. The van der Waals surface area contributed by atoms with Crippen LogP contribution in [0, 0.1) is 0 Å². The summed E-state index contributed by atoms with van der Waals surface area (Å²) in [4.78, 5) is 18.3. The van der Waals surface area contributed by atoms with Gasteiger partial charge in [0.15, 0.2) is 0 Å². The van der Waals surface area contributed by atoms with Crippen LogP contribution >= 0.6 is 11.6 Å². The van der Waals surface area contributed by atoms with Crippen LogP contribution in [0.4, 0.5) is 0 Å². The maximum absolute atomic E-state index is 12.3. The van der Waals surface area contributed by atoms with Gasteiger partial charge in [0.05, 0.1) is 13.2 Å². The highest BCUT2D eigenvalue weighted by Gasteiger charge is 2.19. The zero-order valence-corrected chi connectivity index (χ0v) is 11.2. The third-order valence-electron chi connectivity index (χ3n) is 2.90. The number of hydrogen-bond acceptors (Lipinski definition) is 3. The summed E-state index contributed by atoms with van der Waals surface area (Å²) in [5, 5.41) is 0.387. The molecule has 0 N–H and O–H groups in total. The van der Waals surface area contributed by atoms with E-state index in [1.54, 1.807) is 11.0 Å². The van der Waals surface area contributed by atoms with Gasteiger partial charge >= 0.3 is 0 Å². The second kappa shape index (κ2) is 6.16. The normalized spacial score (nSPS) is 15.8. The number of amides is 1. The topological polar surface area (TPSA) is 42.4 Å². The number of aromatic nitrogens is 1. The van der Waals surface area contributed by atoms with Crippen molar-refractivity contribution >= 4 is 17.5 Å². The highest BCUT2D eigenvalue weighted by molar-refractivity contribution is 6.29. The lowest BCUT2D eigenvalue weighted by Gasteiger charge is -2.27. The van der Waals surface area contributed by atoms with Crippen LogP contribution in [0.1, 0.15) is 29.4 Å². The number of aryl methyl sites for hydroxylation is 1. The second-order valence-corrected chi connectivity index (χ2v) is 4.71. The quantitative estimate of drug-likeness (QED) is 0.789. The molecule has 1 aliphatic rings. The van der Waals surface area contributed by atoms with Gasteiger partial charge in [-0.2, -0.15) is 0 Å². The van der Waals surface area contributed by atoms with Gasteiger partial charge in [0.1, 0.15) is 5.15 Å². The maximum atomic E-state index is 12.3. The molecule has 98 valence electrons. The van der Waals surface area contributed by atoms with E-state index in [0.29, 0.717) is 37.0 Å². The molecule has 0 radical (unpaired) electrons. The van der Waals surface area contributed by atoms with Gasteiger partial charge in [-0.3, -0.25) is 4.79 Å². The van der Waals surface area contributed by atoms with Gasteiger partial charge in [0.2, 0.25) is 0 Å². The standard InChI is InChI=1S/C13H17ClN2O2/c1-2-3-11-8-10(9-12(14)15-11)13(17)16-4-6-18-7-5-16/h8-9H,2-7H2,1H3. The van der Waals surface area contributed by atoms with E-state index >= 15 is 0 Å². The lowest BCUT2D eigenvalue weighted by Crippen LogP contribution is -2.40. The summed E-state index contributed by atoms with van der Waals surface area (Å²) < 4.78 is 5.24. The van der Waals surface area contributed by atoms with Crippen LogP contribution in [0.15, 0.2) is 12.1 Å². The molecule has 1 saturated heterocycles. The van der Waals surface area contributed by atoms with E-state index < -0.39 is 0 Å². The van der Waals surface area contributed by atoms with Crippen LogP contribution in [-0.2, 0) is 11.2 Å². The average Bonchev–Trinajstić information content (AvgIpc) is 2.38. The fourth-order valence-electron chi connectivity index (χ4n) is 2.01. The van der Waals surface area contributed by atoms with E-state index in [4.69, 9.17) is 16.3 Å². The van der Waals surface area contributed by atoms with Gasteiger partial charge in [0, 0.05) is 24.3 Å². The van der Waals surface area contributed by atoms with Crippen LogP contribution < -0.4 is 0 Å². The van der Waals surface area contributed by atoms with Crippen molar-refractivity contribution in [1.82, 2.24) is 9.88 Å². The van der Waals surface area contributed by atoms with Gasteiger partial charge < -0.3 is 9.64 Å². The fraction of sp³-hybridized carbons (Fsp3) is 0.538. The Balaban J connectivity index is 2.18. The molecule has 2 heterocycles. The number of rotatable bonds is 3. The first-order valence-corrected chi connectivity index (χ1v) is 6.62. The summed E-state index contributed by atoms with van der Waals surface area (Å²) in [6.07, 6.45) is 1.82. The predicted molar refractivity (Wildman–Crippen MR) is 70.0 cm³/mol. The fourth-order valence-corrected chi connectivity index (χ4v) is 2.23. The Kier molecular flexibility index (Phi) is 4.55. The molecule has 1 aliphatic heterocycles. The third kappa shape index (κ3) is 3.21. The largest absolute Gasteiger partial charge is 0.378 e. The van der Waals surface area contributed by atoms with Crippen LogP contribution in [0.5, 0.6) is 0 Å². The molecule has 18 heavy (non-hydrogen) atoms. The lowest BCUT2D eigenvalue weighted by molar-refractivity contribution is 0.0302. The first-order valence-electron chi connectivity index (χ1n) is 6.24. The highest BCUT2D eigenvalue weighted by atomic mass is 35.5. The Hall–Kier alpha value is -1.13. The number of carbonyl (C=O) groups is 1. The Morgan fingerprint density at radius 2 is 2.17 bits per heavy atom. The minimum absolute atomic E-state index is 0.0138. The number of carbonyl (C=O) groups excluding carboxylic acids is 1. The summed E-state index contributed by atoms with van der Waals surface area (Å²) in [5.74, 6) is 0.0138.